The third kappa shape index (κ3) is 1.58. The maximum absolute atomic E-state index is 12.0. The van der Waals surface area contributed by atoms with Gasteiger partial charge in [0.15, 0.2) is 5.84 Å². The van der Waals surface area contributed by atoms with Crippen LogP contribution in [0, 0.1) is 5.41 Å². The van der Waals surface area contributed by atoms with Gasteiger partial charge in [-0.15, -0.1) is 0 Å². The lowest BCUT2D eigenvalue weighted by Gasteiger charge is -2.39. The highest BCUT2D eigenvalue weighted by atomic mass is 16.2. The van der Waals surface area contributed by atoms with E-state index in [9.17, 15) is 4.79 Å². The molecule has 1 aromatic rings. The number of hydrogen-bond donors (Lipinski definition) is 1. The molecule has 0 atom stereocenters. The average molecular weight is 230 g/mol. The van der Waals surface area contributed by atoms with Crippen LogP contribution in [-0.4, -0.2) is 34.8 Å². The van der Waals surface area contributed by atoms with Crippen molar-refractivity contribution in [2.45, 2.75) is 13.8 Å². The number of pyridine rings is 1. The van der Waals surface area contributed by atoms with Crippen molar-refractivity contribution in [2.75, 3.05) is 18.4 Å². The van der Waals surface area contributed by atoms with E-state index in [0.29, 0.717) is 12.4 Å². The third-order valence-electron chi connectivity index (χ3n) is 3.00. The highest BCUT2D eigenvalue weighted by Crippen LogP contribution is 2.29. The number of urea groups is 1. The minimum Gasteiger partial charge on any atom is -0.305 e. The zero-order valence-corrected chi connectivity index (χ0v) is 9.90. The number of anilines is 1. The lowest BCUT2D eigenvalue weighted by Crippen LogP contribution is -2.52. The quantitative estimate of drug-likeness (QED) is 0.737. The minimum atomic E-state index is -0.114. The predicted molar refractivity (Wildman–Crippen MR) is 65.1 cm³/mol. The molecule has 1 N–H and O–H groups in total. The number of rotatable bonds is 0. The molecule has 2 aliphatic heterocycles. The zero-order valence-electron chi connectivity index (χ0n) is 9.90. The van der Waals surface area contributed by atoms with Crippen LogP contribution in [0.2, 0.25) is 0 Å². The molecule has 3 rings (SSSR count). The van der Waals surface area contributed by atoms with Crippen LogP contribution >= 0.6 is 0 Å². The topological polar surface area (TPSA) is 57.6 Å². The third-order valence-corrected chi connectivity index (χ3v) is 3.00. The van der Waals surface area contributed by atoms with Crippen molar-refractivity contribution in [3.05, 3.63) is 24.0 Å². The molecule has 0 saturated carbocycles. The summed E-state index contributed by atoms with van der Waals surface area (Å²) in [5, 5.41) is 2.84. The first-order chi connectivity index (χ1) is 8.07. The van der Waals surface area contributed by atoms with Crippen molar-refractivity contribution in [1.29, 1.82) is 0 Å². The number of nitrogens with zero attached hydrogens (tertiary/aromatic N) is 3. The molecule has 0 bridgehead atoms. The Bertz CT molecular complexity index is 521. The molecule has 17 heavy (non-hydrogen) atoms. The van der Waals surface area contributed by atoms with Gasteiger partial charge in [0, 0.05) is 24.7 Å². The van der Waals surface area contributed by atoms with Crippen LogP contribution in [0.4, 0.5) is 10.5 Å². The lowest BCUT2D eigenvalue weighted by molar-refractivity contribution is 0.207. The van der Waals surface area contributed by atoms with Crippen LogP contribution in [0.15, 0.2) is 23.3 Å². The van der Waals surface area contributed by atoms with E-state index in [1.54, 1.807) is 11.1 Å². The molecule has 2 aliphatic rings. The molecular weight excluding hydrogens is 216 g/mol. The summed E-state index contributed by atoms with van der Waals surface area (Å²) in [6.07, 6.45) is 1.72. The Hall–Kier alpha value is -1.91. The van der Waals surface area contributed by atoms with Gasteiger partial charge in [0.05, 0.1) is 5.69 Å². The number of nitrogens with one attached hydrogen (secondary N) is 1. The second kappa shape index (κ2) is 3.29. The molecule has 0 aliphatic carbocycles. The molecule has 1 aromatic heterocycles. The monoisotopic (exact) mass is 230 g/mol. The van der Waals surface area contributed by atoms with Crippen molar-refractivity contribution < 1.29 is 4.79 Å². The molecule has 0 radical (unpaired) electrons. The highest BCUT2D eigenvalue weighted by Gasteiger charge is 2.37. The summed E-state index contributed by atoms with van der Waals surface area (Å²) in [6, 6.07) is 3.54. The van der Waals surface area contributed by atoms with E-state index < -0.39 is 0 Å². The molecular formula is C12H14N4O. The standard InChI is InChI=1S/C12H14N4O/c1-12(2)6-14-10-9-8(4-3-5-13-9)15-11(17)16(10)7-12/h3-5H,6-7H2,1-2H3,(H,15,17). The molecule has 5 heteroatoms. The fraction of sp³-hybridized carbons (Fsp3) is 0.417. The van der Waals surface area contributed by atoms with Crippen LogP contribution < -0.4 is 5.32 Å². The van der Waals surface area contributed by atoms with E-state index in [1.807, 2.05) is 12.1 Å². The van der Waals surface area contributed by atoms with E-state index in [0.717, 1.165) is 17.9 Å². The maximum Gasteiger partial charge on any atom is 0.327 e. The van der Waals surface area contributed by atoms with E-state index in [2.05, 4.69) is 29.1 Å². The molecule has 0 unspecified atom stereocenters. The summed E-state index contributed by atoms with van der Waals surface area (Å²) in [4.78, 5) is 22.5. The van der Waals surface area contributed by atoms with Gasteiger partial charge in [-0.25, -0.2) is 4.79 Å². The van der Waals surface area contributed by atoms with Crippen molar-refractivity contribution in [1.82, 2.24) is 9.88 Å². The van der Waals surface area contributed by atoms with Crippen LogP contribution in [0.1, 0.15) is 19.5 Å². The Labute approximate surface area is 99.6 Å². The smallest absolute Gasteiger partial charge is 0.305 e. The number of hydrogen-bond acceptors (Lipinski definition) is 3. The average Bonchev–Trinajstić information content (AvgIpc) is 2.28. The molecule has 0 spiro atoms. The SMILES string of the molecule is CC1(C)CN=C2c3ncccc3NC(=O)N2C1. The maximum atomic E-state index is 12.0. The Morgan fingerprint density at radius 3 is 3.12 bits per heavy atom. The van der Waals surface area contributed by atoms with Gasteiger partial charge in [-0.05, 0) is 12.1 Å². The number of carbonyl (C=O) groups excluding carboxylic acids is 1. The lowest BCUT2D eigenvalue weighted by atomic mass is 9.91. The molecule has 5 nitrogen and oxygen atoms in total. The fourth-order valence-corrected chi connectivity index (χ4v) is 2.16. The molecule has 3 heterocycles. The Morgan fingerprint density at radius 2 is 2.29 bits per heavy atom. The van der Waals surface area contributed by atoms with Crippen molar-refractivity contribution in [3.63, 3.8) is 0 Å². The van der Waals surface area contributed by atoms with Crippen LogP contribution in [0.5, 0.6) is 0 Å². The first kappa shape index (κ1) is 10.3. The summed E-state index contributed by atoms with van der Waals surface area (Å²) < 4.78 is 0. The van der Waals surface area contributed by atoms with Crippen molar-refractivity contribution >= 4 is 17.6 Å². The number of aromatic nitrogens is 1. The van der Waals surface area contributed by atoms with Gasteiger partial charge in [0.1, 0.15) is 5.69 Å². The van der Waals surface area contributed by atoms with Gasteiger partial charge in [0.2, 0.25) is 0 Å². The van der Waals surface area contributed by atoms with Gasteiger partial charge in [-0.1, -0.05) is 13.8 Å². The van der Waals surface area contributed by atoms with E-state index in [-0.39, 0.29) is 11.4 Å². The number of amidine groups is 1. The summed E-state index contributed by atoms with van der Waals surface area (Å²) in [6.45, 7) is 5.61. The van der Waals surface area contributed by atoms with E-state index in [4.69, 9.17) is 0 Å². The molecule has 88 valence electrons. The summed E-state index contributed by atoms with van der Waals surface area (Å²) in [7, 11) is 0. The first-order valence-electron chi connectivity index (χ1n) is 5.65. The number of amides is 2. The Balaban J connectivity index is 2.12. The van der Waals surface area contributed by atoms with Gasteiger partial charge in [-0.2, -0.15) is 0 Å². The summed E-state index contributed by atoms with van der Waals surface area (Å²) >= 11 is 0. The zero-order chi connectivity index (χ0) is 12.0. The Kier molecular flexibility index (Phi) is 1.98. The fourth-order valence-electron chi connectivity index (χ4n) is 2.16. The Morgan fingerprint density at radius 1 is 1.47 bits per heavy atom. The second-order valence-corrected chi connectivity index (χ2v) is 5.22. The highest BCUT2D eigenvalue weighted by molar-refractivity contribution is 6.17. The molecule has 0 fully saturated rings. The van der Waals surface area contributed by atoms with E-state index >= 15 is 0 Å². The predicted octanol–water partition coefficient (Wildman–Crippen LogP) is 1.72. The largest absolute Gasteiger partial charge is 0.327 e. The van der Waals surface area contributed by atoms with Gasteiger partial charge < -0.3 is 5.32 Å². The number of carbonyl (C=O) groups is 1. The molecule has 2 amide bonds. The van der Waals surface area contributed by atoms with Crippen molar-refractivity contribution in [3.8, 4) is 0 Å². The number of fused-ring (bicyclic) bond motifs is 3. The minimum absolute atomic E-state index is 0.0210. The van der Waals surface area contributed by atoms with Crippen LogP contribution in [-0.2, 0) is 0 Å². The van der Waals surface area contributed by atoms with Gasteiger partial charge in [-0.3, -0.25) is 14.9 Å². The normalized spacial score (nSPS) is 21.2. The van der Waals surface area contributed by atoms with Gasteiger partial charge >= 0.3 is 6.03 Å². The van der Waals surface area contributed by atoms with Gasteiger partial charge in [0.25, 0.3) is 0 Å². The van der Waals surface area contributed by atoms with Crippen LogP contribution in [0.3, 0.4) is 0 Å². The first-order valence-corrected chi connectivity index (χ1v) is 5.65. The van der Waals surface area contributed by atoms with Crippen LogP contribution in [0.25, 0.3) is 0 Å². The number of aliphatic imine (C=N–C) groups is 1. The molecule has 0 saturated heterocycles. The van der Waals surface area contributed by atoms with Crippen molar-refractivity contribution in [2.24, 2.45) is 10.4 Å². The molecule has 0 aromatic carbocycles. The summed E-state index contributed by atoms with van der Waals surface area (Å²) in [5.74, 6) is 0.698. The van der Waals surface area contributed by atoms with E-state index in [1.165, 1.54) is 0 Å². The summed E-state index contributed by atoms with van der Waals surface area (Å²) in [5.41, 5.74) is 1.53. The second-order valence-electron chi connectivity index (χ2n) is 5.22.